The molecule has 2 aliphatic heterocycles. The number of sulfonamides is 1. The molecular formula is C22H33N3O6S. The molecule has 1 aromatic carbocycles. The maximum absolute atomic E-state index is 13.8. The van der Waals surface area contributed by atoms with Crippen LogP contribution < -0.4 is 0 Å². The van der Waals surface area contributed by atoms with E-state index in [1.165, 1.54) is 9.21 Å². The van der Waals surface area contributed by atoms with Gasteiger partial charge in [-0.3, -0.25) is 9.69 Å². The Morgan fingerprint density at radius 1 is 1.00 bits per heavy atom. The summed E-state index contributed by atoms with van der Waals surface area (Å²) in [6, 6.07) is 9.92. The molecular weight excluding hydrogens is 434 g/mol. The predicted octanol–water partition coefficient (Wildman–Crippen LogP) is 1.99. The molecule has 2 aliphatic rings. The van der Waals surface area contributed by atoms with Gasteiger partial charge in [0.1, 0.15) is 5.60 Å². The maximum atomic E-state index is 13.8. The fraction of sp³-hybridized carbons (Fsp3) is 0.636. The van der Waals surface area contributed by atoms with Gasteiger partial charge in [-0.1, -0.05) is 30.3 Å². The number of piperidine rings is 1. The van der Waals surface area contributed by atoms with Gasteiger partial charge in [-0.05, 0) is 39.2 Å². The Kier molecular flexibility index (Phi) is 7.16. The van der Waals surface area contributed by atoms with Gasteiger partial charge in [-0.2, -0.15) is 4.31 Å². The molecule has 2 saturated heterocycles. The van der Waals surface area contributed by atoms with Gasteiger partial charge >= 0.3 is 12.1 Å². The lowest BCUT2D eigenvalue weighted by Crippen LogP contribution is -2.62. The average molecular weight is 468 g/mol. The number of carboxylic acid groups (broad SMARTS) is 1. The lowest BCUT2D eigenvalue weighted by molar-refractivity contribution is -0.159. The minimum Gasteiger partial charge on any atom is -0.465 e. The van der Waals surface area contributed by atoms with Gasteiger partial charge in [0.2, 0.25) is 10.0 Å². The Balaban J connectivity index is 1.81. The molecule has 2 heterocycles. The number of likely N-dealkylation sites (tertiary alicyclic amines) is 1. The topological polar surface area (TPSA) is 107 Å². The highest BCUT2D eigenvalue weighted by atomic mass is 32.2. The van der Waals surface area contributed by atoms with Crippen molar-refractivity contribution in [2.24, 2.45) is 0 Å². The van der Waals surface area contributed by atoms with Crippen molar-refractivity contribution in [2.45, 2.75) is 50.5 Å². The molecule has 0 atom stereocenters. The van der Waals surface area contributed by atoms with Crippen LogP contribution in [0.4, 0.5) is 4.79 Å². The zero-order valence-electron chi connectivity index (χ0n) is 19.0. The van der Waals surface area contributed by atoms with E-state index in [9.17, 15) is 23.1 Å². The summed E-state index contributed by atoms with van der Waals surface area (Å²) in [5.74, 6) is -0.718. The van der Waals surface area contributed by atoms with Crippen molar-refractivity contribution in [3.63, 3.8) is 0 Å². The number of rotatable bonds is 5. The van der Waals surface area contributed by atoms with Crippen molar-refractivity contribution in [1.82, 2.24) is 14.1 Å². The Hall–Kier alpha value is -2.17. The molecule has 0 aromatic heterocycles. The van der Waals surface area contributed by atoms with Crippen LogP contribution in [-0.2, 0) is 26.1 Å². The van der Waals surface area contributed by atoms with Crippen LogP contribution in [0.3, 0.4) is 0 Å². The quantitative estimate of drug-likeness (QED) is 0.660. The molecule has 1 amide bonds. The number of piperazine rings is 1. The number of hydrogen-bond donors (Lipinski definition) is 1. The molecule has 2 fully saturated rings. The summed E-state index contributed by atoms with van der Waals surface area (Å²) in [4.78, 5) is 27.9. The molecule has 10 heteroatoms. The molecule has 0 saturated carbocycles. The van der Waals surface area contributed by atoms with Gasteiger partial charge in [-0.15, -0.1) is 0 Å². The highest BCUT2D eigenvalue weighted by Gasteiger charge is 2.57. The Labute approximate surface area is 190 Å². The molecule has 178 valence electrons. The largest absolute Gasteiger partial charge is 0.465 e. The first-order valence-corrected chi connectivity index (χ1v) is 12.4. The van der Waals surface area contributed by atoms with E-state index < -0.39 is 32.4 Å². The van der Waals surface area contributed by atoms with E-state index in [4.69, 9.17) is 4.74 Å². The molecule has 0 aliphatic carbocycles. The number of nitrogens with zero attached hydrogens (tertiary/aromatic N) is 3. The van der Waals surface area contributed by atoms with Gasteiger partial charge < -0.3 is 14.7 Å². The first-order valence-electron chi connectivity index (χ1n) is 10.9. The summed E-state index contributed by atoms with van der Waals surface area (Å²) in [7, 11) is -4.05. The number of carbonyl (C=O) groups is 2. The first-order chi connectivity index (χ1) is 14.9. The third-order valence-electron chi connectivity index (χ3n) is 6.03. The fourth-order valence-electron chi connectivity index (χ4n) is 4.22. The summed E-state index contributed by atoms with van der Waals surface area (Å²) < 4.78 is 32.7. The molecule has 0 spiro atoms. The smallest absolute Gasteiger partial charge is 0.407 e. The third kappa shape index (κ3) is 5.24. The zero-order valence-corrected chi connectivity index (χ0v) is 19.8. The van der Waals surface area contributed by atoms with Crippen LogP contribution in [0, 0.1) is 0 Å². The van der Waals surface area contributed by atoms with Gasteiger partial charge in [0.05, 0.1) is 0 Å². The van der Waals surface area contributed by atoms with E-state index >= 15 is 0 Å². The minimum atomic E-state index is -4.05. The minimum absolute atomic E-state index is 0.0346. The summed E-state index contributed by atoms with van der Waals surface area (Å²) in [5, 5.41) is 9.17. The van der Waals surface area contributed by atoms with Crippen LogP contribution >= 0.6 is 0 Å². The van der Waals surface area contributed by atoms with Gasteiger partial charge in [0.25, 0.3) is 0 Å². The van der Waals surface area contributed by atoms with Crippen LogP contribution in [0.2, 0.25) is 0 Å². The molecule has 3 rings (SSSR count). The Bertz CT molecular complexity index is 913. The third-order valence-corrected chi connectivity index (χ3v) is 8.63. The summed E-state index contributed by atoms with van der Waals surface area (Å²) >= 11 is 0. The van der Waals surface area contributed by atoms with Crippen molar-refractivity contribution in [1.29, 1.82) is 0 Å². The van der Waals surface area contributed by atoms with E-state index in [1.807, 2.05) is 30.3 Å². The zero-order chi connectivity index (χ0) is 23.6. The number of hydrogen-bond acceptors (Lipinski definition) is 6. The number of benzene rings is 1. The summed E-state index contributed by atoms with van der Waals surface area (Å²) in [5.41, 5.74) is 0.313. The number of esters is 1. The number of carbonyl (C=O) groups excluding carboxylic acids is 1. The van der Waals surface area contributed by atoms with Crippen LogP contribution in [0.25, 0.3) is 0 Å². The maximum Gasteiger partial charge on any atom is 0.407 e. The highest BCUT2D eigenvalue weighted by Crippen LogP contribution is 2.36. The van der Waals surface area contributed by atoms with Gasteiger partial charge in [-0.25, -0.2) is 13.2 Å². The van der Waals surface area contributed by atoms with E-state index in [2.05, 4.69) is 4.90 Å². The van der Waals surface area contributed by atoms with E-state index in [0.29, 0.717) is 19.6 Å². The number of ether oxygens (including phenoxy) is 1. The van der Waals surface area contributed by atoms with E-state index in [0.717, 1.165) is 5.56 Å². The highest BCUT2D eigenvalue weighted by molar-refractivity contribution is 7.91. The molecule has 1 N–H and O–H groups in total. The second-order valence-electron chi connectivity index (χ2n) is 9.43. The molecule has 0 unspecified atom stereocenters. The molecule has 32 heavy (non-hydrogen) atoms. The van der Waals surface area contributed by atoms with Crippen molar-refractivity contribution in [3.8, 4) is 0 Å². The lowest BCUT2D eigenvalue weighted by atomic mass is 9.95. The van der Waals surface area contributed by atoms with Crippen molar-refractivity contribution in [2.75, 3.05) is 39.3 Å². The lowest BCUT2D eigenvalue weighted by Gasteiger charge is -2.44. The first kappa shape index (κ1) is 24.5. The summed E-state index contributed by atoms with van der Waals surface area (Å²) in [6.45, 7) is 6.98. The molecule has 9 nitrogen and oxygen atoms in total. The second kappa shape index (κ2) is 9.36. The SMILES string of the molecule is CC(C)(C)OC(=O)C1(S(=O)(=O)N2CCN(C(=O)O)CC2)CCN(Cc2ccccc2)CC1. The molecule has 1 aromatic rings. The fourth-order valence-corrected chi connectivity index (χ4v) is 6.31. The Morgan fingerprint density at radius 2 is 1.56 bits per heavy atom. The van der Waals surface area contributed by atoms with E-state index in [-0.39, 0.29) is 39.0 Å². The van der Waals surface area contributed by atoms with Gasteiger partial charge in [0.15, 0.2) is 4.75 Å². The van der Waals surface area contributed by atoms with Crippen LogP contribution in [-0.4, -0.2) is 89.3 Å². The van der Waals surface area contributed by atoms with Crippen molar-refractivity contribution < 1.29 is 27.9 Å². The standard InChI is InChI=1S/C22H33N3O6S/c1-21(2,3)31-19(26)22(32(29,30)25-15-13-24(14-16-25)20(27)28)9-11-23(12-10-22)17-18-7-5-4-6-8-18/h4-8H,9-17H2,1-3H3,(H,27,28). The van der Waals surface area contributed by atoms with Crippen LogP contribution in [0.5, 0.6) is 0 Å². The van der Waals surface area contributed by atoms with Gasteiger partial charge in [0, 0.05) is 45.8 Å². The normalized spacial score (nSPS) is 20.7. The van der Waals surface area contributed by atoms with Crippen LogP contribution in [0.1, 0.15) is 39.2 Å². The summed E-state index contributed by atoms with van der Waals surface area (Å²) in [6.07, 6.45) is -0.801. The van der Waals surface area contributed by atoms with E-state index in [1.54, 1.807) is 20.8 Å². The molecule has 0 bridgehead atoms. The molecule has 0 radical (unpaired) electrons. The monoisotopic (exact) mass is 467 g/mol. The average Bonchev–Trinajstić information content (AvgIpc) is 2.73. The van der Waals surface area contributed by atoms with Crippen LogP contribution in [0.15, 0.2) is 30.3 Å². The second-order valence-corrected chi connectivity index (χ2v) is 11.7. The Morgan fingerprint density at radius 3 is 2.06 bits per heavy atom. The number of amides is 1. The van der Waals surface area contributed by atoms with Crippen molar-refractivity contribution >= 4 is 22.1 Å². The predicted molar refractivity (Wildman–Crippen MR) is 120 cm³/mol. The van der Waals surface area contributed by atoms with Crippen molar-refractivity contribution in [3.05, 3.63) is 35.9 Å².